The van der Waals surface area contributed by atoms with E-state index in [0.29, 0.717) is 5.92 Å². The van der Waals surface area contributed by atoms with Crippen LogP contribution in [0, 0.1) is 11.3 Å². The molecule has 22 heavy (non-hydrogen) atoms. The van der Waals surface area contributed by atoms with Crippen LogP contribution in [0.1, 0.15) is 44.6 Å². The minimum atomic E-state index is -0.0630. The fraction of sp³-hybridized carbons (Fsp3) is 0.588. The Morgan fingerprint density at radius 3 is 2.82 bits per heavy atom. The quantitative estimate of drug-likeness (QED) is 0.854. The smallest absolute Gasteiger partial charge is 0.262 e. The molecule has 0 radical (unpaired) electrons. The van der Waals surface area contributed by atoms with Crippen LogP contribution in [0.2, 0.25) is 0 Å². The van der Waals surface area contributed by atoms with E-state index >= 15 is 0 Å². The minimum Gasteiger partial charge on any atom is -0.298 e. The van der Waals surface area contributed by atoms with Gasteiger partial charge in [-0.1, -0.05) is 20.8 Å². The van der Waals surface area contributed by atoms with Gasteiger partial charge in [-0.3, -0.25) is 14.2 Å². The van der Waals surface area contributed by atoms with E-state index in [1.54, 1.807) is 11.3 Å². The standard InChI is InChI=1S/C17H22N2O2S/c1-10(20)8-19-9-18-15-14(16(19)21)12-6-5-11(17(2,3)4)7-13(12)22-15/h9,11H,5-8H2,1-4H3/t11-/m0/s1. The molecule has 3 rings (SSSR count). The molecule has 0 saturated carbocycles. The number of hydrogen-bond donors (Lipinski definition) is 0. The van der Waals surface area contributed by atoms with Crippen molar-refractivity contribution in [1.29, 1.82) is 0 Å². The maximum atomic E-state index is 12.7. The van der Waals surface area contributed by atoms with Crippen molar-refractivity contribution in [1.82, 2.24) is 9.55 Å². The van der Waals surface area contributed by atoms with Crippen molar-refractivity contribution in [3.63, 3.8) is 0 Å². The number of carbonyl (C=O) groups is 1. The summed E-state index contributed by atoms with van der Waals surface area (Å²) in [4.78, 5) is 30.5. The zero-order chi connectivity index (χ0) is 16.1. The number of thiophene rings is 1. The van der Waals surface area contributed by atoms with Gasteiger partial charge in [0.1, 0.15) is 10.6 Å². The zero-order valence-corrected chi connectivity index (χ0v) is 14.4. The summed E-state index contributed by atoms with van der Waals surface area (Å²) in [6.07, 6.45) is 4.60. The number of ketones is 1. The van der Waals surface area contributed by atoms with E-state index in [0.717, 1.165) is 29.5 Å². The largest absolute Gasteiger partial charge is 0.298 e. The predicted octanol–water partition coefficient (Wildman–Crippen LogP) is 3.20. The number of carbonyl (C=O) groups excluding carboxylic acids is 1. The molecule has 0 aromatic carbocycles. The van der Waals surface area contributed by atoms with Gasteiger partial charge in [-0.15, -0.1) is 11.3 Å². The molecule has 0 N–H and O–H groups in total. The summed E-state index contributed by atoms with van der Waals surface area (Å²) < 4.78 is 1.44. The van der Waals surface area contributed by atoms with Gasteiger partial charge in [-0.25, -0.2) is 4.98 Å². The minimum absolute atomic E-state index is 0.0276. The molecule has 2 aromatic heterocycles. The fourth-order valence-electron chi connectivity index (χ4n) is 3.29. The van der Waals surface area contributed by atoms with Gasteiger partial charge in [0.25, 0.3) is 5.56 Å². The van der Waals surface area contributed by atoms with Crippen LogP contribution < -0.4 is 5.56 Å². The number of hydrogen-bond acceptors (Lipinski definition) is 4. The van der Waals surface area contributed by atoms with E-state index in [1.807, 2.05) is 0 Å². The number of aryl methyl sites for hydroxylation is 1. The maximum Gasteiger partial charge on any atom is 0.262 e. The number of nitrogens with zero attached hydrogens (tertiary/aromatic N) is 2. The van der Waals surface area contributed by atoms with E-state index in [1.165, 1.54) is 28.3 Å². The molecule has 1 atom stereocenters. The summed E-state index contributed by atoms with van der Waals surface area (Å²) in [6, 6.07) is 0. The van der Waals surface area contributed by atoms with Crippen molar-refractivity contribution in [3.05, 3.63) is 27.1 Å². The summed E-state index contributed by atoms with van der Waals surface area (Å²) >= 11 is 1.65. The third-order valence-corrected chi connectivity index (χ3v) is 5.82. The maximum absolute atomic E-state index is 12.7. The lowest BCUT2D eigenvalue weighted by Gasteiger charge is -2.33. The molecule has 118 valence electrons. The highest BCUT2D eigenvalue weighted by molar-refractivity contribution is 7.18. The van der Waals surface area contributed by atoms with Crippen LogP contribution in [0.25, 0.3) is 10.2 Å². The number of Topliss-reactive ketones (excluding diaryl/α,β-unsaturated/α-hetero) is 1. The highest BCUT2D eigenvalue weighted by atomic mass is 32.1. The van der Waals surface area contributed by atoms with Crippen molar-refractivity contribution in [2.24, 2.45) is 11.3 Å². The molecule has 1 aliphatic rings. The Bertz CT molecular complexity index is 795. The second-order valence-electron chi connectivity index (χ2n) is 7.37. The van der Waals surface area contributed by atoms with Gasteiger partial charge in [0.2, 0.25) is 0 Å². The molecule has 0 bridgehead atoms. The Morgan fingerprint density at radius 1 is 1.45 bits per heavy atom. The van der Waals surface area contributed by atoms with Crippen molar-refractivity contribution in [2.75, 3.05) is 0 Å². The van der Waals surface area contributed by atoms with Crippen LogP contribution in [0.4, 0.5) is 0 Å². The molecule has 5 heteroatoms. The lowest BCUT2D eigenvalue weighted by Crippen LogP contribution is -2.27. The van der Waals surface area contributed by atoms with Gasteiger partial charge in [0.05, 0.1) is 18.3 Å². The lowest BCUT2D eigenvalue weighted by atomic mass is 9.72. The molecule has 1 aliphatic carbocycles. The van der Waals surface area contributed by atoms with Crippen LogP contribution in [0.5, 0.6) is 0 Å². The topological polar surface area (TPSA) is 52.0 Å². The average molecular weight is 318 g/mol. The molecule has 0 spiro atoms. The Kier molecular flexibility index (Phi) is 3.71. The molecule has 0 aliphatic heterocycles. The van der Waals surface area contributed by atoms with E-state index in [2.05, 4.69) is 25.8 Å². The van der Waals surface area contributed by atoms with E-state index in [-0.39, 0.29) is 23.3 Å². The summed E-state index contributed by atoms with van der Waals surface area (Å²) in [5.74, 6) is 0.618. The third-order valence-electron chi connectivity index (χ3n) is 4.65. The second-order valence-corrected chi connectivity index (χ2v) is 8.45. The molecular formula is C17H22N2O2S. The van der Waals surface area contributed by atoms with Crippen LogP contribution in [-0.4, -0.2) is 15.3 Å². The first kappa shape index (κ1) is 15.4. The van der Waals surface area contributed by atoms with Gasteiger partial charge < -0.3 is 0 Å². The normalized spacial score (nSPS) is 18.5. The molecule has 0 saturated heterocycles. The molecule has 0 unspecified atom stereocenters. The van der Waals surface area contributed by atoms with Gasteiger partial charge in [-0.2, -0.15) is 0 Å². The molecule has 0 amide bonds. The SMILES string of the molecule is CC(=O)Cn1cnc2sc3c(c2c1=O)CC[C@H](C(C)(C)C)C3. The molecule has 4 nitrogen and oxygen atoms in total. The Morgan fingerprint density at radius 2 is 2.18 bits per heavy atom. The summed E-state index contributed by atoms with van der Waals surface area (Å²) in [5, 5.41) is 0.746. The van der Waals surface area contributed by atoms with Crippen LogP contribution in [0.3, 0.4) is 0 Å². The first-order chi connectivity index (χ1) is 10.3. The molecule has 2 aromatic rings. The third kappa shape index (κ3) is 2.62. The van der Waals surface area contributed by atoms with E-state index in [4.69, 9.17) is 0 Å². The van der Waals surface area contributed by atoms with Crippen molar-refractivity contribution < 1.29 is 4.79 Å². The van der Waals surface area contributed by atoms with E-state index < -0.39 is 0 Å². The van der Waals surface area contributed by atoms with E-state index in [9.17, 15) is 9.59 Å². The van der Waals surface area contributed by atoms with Gasteiger partial charge in [0, 0.05) is 4.88 Å². The first-order valence-electron chi connectivity index (χ1n) is 7.76. The summed E-state index contributed by atoms with van der Waals surface area (Å²) in [7, 11) is 0. The van der Waals surface area contributed by atoms with Crippen LogP contribution >= 0.6 is 11.3 Å². The number of aromatic nitrogens is 2. The van der Waals surface area contributed by atoms with Crippen molar-refractivity contribution in [2.45, 2.75) is 53.5 Å². The monoisotopic (exact) mass is 318 g/mol. The van der Waals surface area contributed by atoms with Crippen LogP contribution in [-0.2, 0) is 24.2 Å². The predicted molar refractivity (Wildman–Crippen MR) is 89.5 cm³/mol. The lowest BCUT2D eigenvalue weighted by molar-refractivity contribution is -0.117. The highest BCUT2D eigenvalue weighted by Gasteiger charge is 2.31. The van der Waals surface area contributed by atoms with Crippen molar-refractivity contribution >= 4 is 27.3 Å². The average Bonchev–Trinajstić information content (AvgIpc) is 2.78. The van der Waals surface area contributed by atoms with Crippen LogP contribution in [0.15, 0.2) is 11.1 Å². The summed E-state index contributed by atoms with van der Waals surface area (Å²) in [6.45, 7) is 8.46. The Labute approximate surface area is 134 Å². The highest BCUT2D eigenvalue weighted by Crippen LogP contribution is 2.41. The van der Waals surface area contributed by atoms with Gasteiger partial charge in [0.15, 0.2) is 0 Å². The Balaban J connectivity index is 2.08. The molecule has 0 fully saturated rings. The summed E-state index contributed by atoms with van der Waals surface area (Å²) in [5.41, 5.74) is 1.40. The second kappa shape index (κ2) is 5.30. The first-order valence-corrected chi connectivity index (χ1v) is 8.58. The number of rotatable bonds is 2. The zero-order valence-electron chi connectivity index (χ0n) is 13.6. The van der Waals surface area contributed by atoms with Gasteiger partial charge in [-0.05, 0) is 43.1 Å². The van der Waals surface area contributed by atoms with Gasteiger partial charge >= 0.3 is 0 Å². The molecular weight excluding hydrogens is 296 g/mol. The van der Waals surface area contributed by atoms with Crippen molar-refractivity contribution in [3.8, 4) is 0 Å². The fourth-order valence-corrected chi connectivity index (χ4v) is 4.55. The Hall–Kier alpha value is -1.49. The molecule has 2 heterocycles. The number of fused-ring (bicyclic) bond motifs is 3.